The number of piperazine rings is 1. The highest BCUT2D eigenvalue weighted by molar-refractivity contribution is 6.04. The molecule has 39 heavy (non-hydrogen) atoms. The van der Waals surface area contributed by atoms with Crippen LogP contribution < -0.4 is 15.0 Å². The number of phenols is 1. The molecule has 1 fully saturated rings. The van der Waals surface area contributed by atoms with E-state index < -0.39 is 0 Å². The third-order valence-corrected chi connectivity index (χ3v) is 7.38. The zero-order valence-electron chi connectivity index (χ0n) is 22.6. The minimum absolute atomic E-state index is 0.127. The second-order valence-electron chi connectivity index (χ2n) is 9.88. The van der Waals surface area contributed by atoms with Gasteiger partial charge in [0.15, 0.2) is 0 Å². The van der Waals surface area contributed by atoms with Gasteiger partial charge in [-0.15, -0.1) is 0 Å². The second-order valence-corrected chi connectivity index (χ2v) is 9.88. The number of rotatable bonds is 8. The van der Waals surface area contributed by atoms with Gasteiger partial charge >= 0.3 is 0 Å². The van der Waals surface area contributed by atoms with Crippen LogP contribution in [0.25, 0.3) is 11.1 Å². The fraction of sp³-hybridized carbons (Fsp3) is 0.242. The number of phenolic OH excluding ortho intramolecular Hbond substituents is 1. The summed E-state index contributed by atoms with van der Waals surface area (Å²) < 4.78 is 5.17. The molecule has 6 heteroatoms. The first kappa shape index (κ1) is 26.3. The summed E-state index contributed by atoms with van der Waals surface area (Å²) in [7, 11) is 1.62. The molecule has 2 N–H and O–H groups in total. The third-order valence-electron chi connectivity index (χ3n) is 7.38. The summed E-state index contributed by atoms with van der Waals surface area (Å²) in [6.45, 7) is 6.99. The van der Waals surface area contributed by atoms with Crippen molar-refractivity contribution in [2.24, 2.45) is 0 Å². The fourth-order valence-electron chi connectivity index (χ4n) is 5.08. The van der Waals surface area contributed by atoms with E-state index in [1.807, 2.05) is 66.7 Å². The molecule has 0 atom stereocenters. The van der Waals surface area contributed by atoms with Gasteiger partial charge in [-0.25, -0.2) is 0 Å². The van der Waals surface area contributed by atoms with Gasteiger partial charge < -0.3 is 20.1 Å². The highest BCUT2D eigenvalue weighted by Crippen LogP contribution is 2.27. The summed E-state index contributed by atoms with van der Waals surface area (Å²) in [5, 5.41) is 12.8. The Kier molecular flexibility index (Phi) is 8.13. The number of aromatic hydroxyl groups is 1. The Morgan fingerprint density at radius 2 is 1.56 bits per heavy atom. The molecule has 0 radical (unpaired) electrons. The highest BCUT2D eigenvalue weighted by atomic mass is 16.5. The van der Waals surface area contributed by atoms with Crippen molar-refractivity contribution in [3.8, 4) is 22.6 Å². The number of amides is 1. The van der Waals surface area contributed by atoms with Crippen molar-refractivity contribution in [2.75, 3.05) is 43.5 Å². The van der Waals surface area contributed by atoms with Crippen LogP contribution in [0.5, 0.6) is 11.5 Å². The normalized spacial score (nSPS) is 13.7. The zero-order valence-corrected chi connectivity index (χ0v) is 22.6. The number of methoxy groups -OCH3 is 1. The van der Waals surface area contributed by atoms with Crippen molar-refractivity contribution >= 4 is 17.3 Å². The summed E-state index contributed by atoms with van der Waals surface area (Å²) in [5.74, 6) is 0.920. The third kappa shape index (κ3) is 6.41. The van der Waals surface area contributed by atoms with Gasteiger partial charge in [-0.1, -0.05) is 37.3 Å². The standard InChI is InChI=1S/C33H35N3O3/c1-3-24-21-27(26-5-4-6-31(37)22-26)7-8-28(24)23-35-17-19-36(20-18-35)30-13-9-25(10-14-30)33(38)34-29-11-15-32(39-2)16-12-29/h4-16,21-22,37H,3,17-20,23H2,1-2H3,(H,34,38). The maximum atomic E-state index is 12.7. The molecule has 0 aromatic heterocycles. The Labute approximate surface area is 230 Å². The van der Waals surface area contributed by atoms with Crippen molar-refractivity contribution in [3.63, 3.8) is 0 Å². The lowest BCUT2D eigenvalue weighted by Gasteiger charge is -2.36. The van der Waals surface area contributed by atoms with E-state index >= 15 is 0 Å². The Hall–Kier alpha value is -4.29. The lowest BCUT2D eigenvalue weighted by Crippen LogP contribution is -2.46. The second kappa shape index (κ2) is 12.0. The van der Waals surface area contributed by atoms with Crippen molar-refractivity contribution < 1.29 is 14.6 Å². The number of ether oxygens (including phenoxy) is 1. The number of nitrogens with one attached hydrogen (secondary N) is 1. The van der Waals surface area contributed by atoms with E-state index in [1.165, 1.54) is 11.1 Å². The summed E-state index contributed by atoms with van der Waals surface area (Å²) in [6.07, 6.45) is 0.973. The molecule has 0 unspecified atom stereocenters. The quantitative estimate of drug-likeness (QED) is 0.289. The molecule has 0 aliphatic carbocycles. The van der Waals surface area contributed by atoms with Gasteiger partial charge in [-0.2, -0.15) is 0 Å². The number of hydrogen-bond acceptors (Lipinski definition) is 5. The Balaban J connectivity index is 1.16. The molecule has 200 valence electrons. The van der Waals surface area contributed by atoms with Crippen LogP contribution >= 0.6 is 0 Å². The first-order chi connectivity index (χ1) is 19.0. The molecular formula is C33H35N3O3. The average Bonchev–Trinajstić information content (AvgIpc) is 2.98. The molecule has 1 heterocycles. The molecule has 6 nitrogen and oxygen atoms in total. The zero-order chi connectivity index (χ0) is 27.2. The molecule has 1 saturated heterocycles. The van der Waals surface area contributed by atoms with E-state index in [0.29, 0.717) is 11.3 Å². The predicted molar refractivity (Wildman–Crippen MR) is 158 cm³/mol. The van der Waals surface area contributed by atoms with E-state index in [4.69, 9.17) is 4.74 Å². The number of benzene rings is 4. The van der Waals surface area contributed by atoms with Crippen LogP contribution in [0.2, 0.25) is 0 Å². The average molecular weight is 522 g/mol. The Morgan fingerprint density at radius 3 is 2.23 bits per heavy atom. The molecular weight excluding hydrogens is 486 g/mol. The lowest BCUT2D eigenvalue weighted by molar-refractivity contribution is 0.102. The van der Waals surface area contributed by atoms with Crippen molar-refractivity contribution in [3.05, 3.63) is 108 Å². The molecule has 4 aromatic carbocycles. The van der Waals surface area contributed by atoms with E-state index in [2.05, 4.69) is 40.2 Å². The van der Waals surface area contributed by atoms with E-state index in [1.54, 1.807) is 13.2 Å². The SMILES string of the molecule is CCc1cc(-c2cccc(O)c2)ccc1CN1CCN(c2ccc(C(=O)Nc3ccc(OC)cc3)cc2)CC1. The number of anilines is 2. The van der Waals surface area contributed by atoms with Gasteiger partial charge in [0.2, 0.25) is 0 Å². The van der Waals surface area contributed by atoms with Crippen LogP contribution in [0, 0.1) is 0 Å². The Morgan fingerprint density at radius 1 is 0.846 bits per heavy atom. The predicted octanol–water partition coefficient (Wildman–Crippen LogP) is 6.20. The van der Waals surface area contributed by atoms with Gasteiger partial charge in [0.05, 0.1) is 7.11 Å². The van der Waals surface area contributed by atoms with E-state index in [0.717, 1.165) is 67.4 Å². The van der Waals surface area contributed by atoms with Gasteiger partial charge in [0, 0.05) is 49.7 Å². The van der Waals surface area contributed by atoms with Crippen LogP contribution in [0.3, 0.4) is 0 Å². The number of nitrogens with zero attached hydrogens (tertiary/aromatic N) is 2. The summed E-state index contributed by atoms with van der Waals surface area (Å²) >= 11 is 0. The van der Waals surface area contributed by atoms with Gasteiger partial charge in [0.25, 0.3) is 5.91 Å². The maximum Gasteiger partial charge on any atom is 0.255 e. The summed E-state index contributed by atoms with van der Waals surface area (Å²) in [4.78, 5) is 17.6. The van der Waals surface area contributed by atoms with Crippen molar-refractivity contribution in [2.45, 2.75) is 19.9 Å². The van der Waals surface area contributed by atoms with Crippen LogP contribution in [-0.2, 0) is 13.0 Å². The molecule has 1 aliphatic rings. The maximum absolute atomic E-state index is 12.7. The summed E-state index contributed by atoms with van der Waals surface area (Å²) in [5.41, 5.74) is 7.39. The molecule has 0 bridgehead atoms. The molecule has 1 aliphatic heterocycles. The van der Waals surface area contributed by atoms with Crippen LogP contribution in [0.1, 0.15) is 28.4 Å². The lowest BCUT2D eigenvalue weighted by atomic mass is 9.97. The smallest absolute Gasteiger partial charge is 0.255 e. The van der Waals surface area contributed by atoms with Crippen LogP contribution in [0.4, 0.5) is 11.4 Å². The molecule has 1 amide bonds. The Bertz CT molecular complexity index is 1410. The summed E-state index contributed by atoms with van der Waals surface area (Å²) in [6, 6.07) is 29.3. The molecule has 4 aromatic rings. The molecule has 0 spiro atoms. The van der Waals surface area contributed by atoms with Gasteiger partial charge in [0.1, 0.15) is 11.5 Å². The van der Waals surface area contributed by atoms with Gasteiger partial charge in [-0.3, -0.25) is 9.69 Å². The van der Waals surface area contributed by atoms with Gasteiger partial charge in [-0.05, 0) is 89.3 Å². The first-order valence-electron chi connectivity index (χ1n) is 13.5. The largest absolute Gasteiger partial charge is 0.508 e. The monoisotopic (exact) mass is 521 g/mol. The fourth-order valence-corrected chi connectivity index (χ4v) is 5.08. The minimum Gasteiger partial charge on any atom is -0.508 e. The minimum atomic E-state index is -0.127. The number of hydrogen-bond donors (Lipinski definition) is 2. The highest BCUT2D eigenvalue weighted by Gasteiger charge is 2.19. The van der Waals surface area contributed by atoms with Crippen molar-refractivity contribution in [1.82, 2.24) is 4.90 Å². The molecule has 5 rings (SSSR count). The van der Waals surface area contributed by atoms with Crippen LogP contribution in [-0.4, -0.2) is 49.2 Å². The number of aryl methyl sites for hydroxylation is 1. The topological polar surface area (TPSA) is 65.0 Å². The first-order valence-corrected chi connectivity index (χ1v) is 13.5. The van der Waals surface area contributed by atoms with Crippen LogP contribution in [0.15, 0.2) is 91.0 Å². The number of carbonyl (C=O) groups is 1. The van der Waals surface area contributed by atoms with E-state index in [-0.39, 0.29) is 5.91 Å². The van der Waals surface area contributed by atoms with E-state index in [9.17, 15) is 9.90 Å². The molecule has 0 saturated carbocycles. The van der Waals surface area contributed by atoms with Crippen molar-refractivity contribution in [1.29, 1.82) is 0 Å². The number of carbonyl (C=O) groups excluding carboxylic acids is 1.